The molecule has 6 nitrogen and oxygen atoms in total. The lowest BCUT2D eigenvalue weighted by Gasteiger charge is -2.16. The van der Waals surface area contributed by atoms with Crippen LogP contribution in [-0.2, 0) is 9.53 Å². The van der Waals surface area contributed by atoms with Crippen molar-refractivity contribution in [1.82, 2.24) is 0 Å². The highest BCUT2D eigenvalue weighted by molar-refractivity contribution is 7.12. The smallest absolute Gasteiger partial charge is 0.346 e. The largest absolute Gasteiger partial charge is 0.477 e. The highest BCUT2D eigenvalue weighted by atomic mass is 32.1. The van der Waals surface area contributed by atoms with Crippen molar-refractivity contribution < 1.29 is 29.6 Å². The van der Waals surface area contributed by atoms with Gasteiger partial charge in [0.25, 0.3) is 0 Å². The van der Waals surface area contributed by atoms with Gasteiger partial charge in [0.2, 0.25) is 0 Å². The summed E-state index contributed by atoms with van der Waals surface area (Å²) in [5.74, 6) is -1.82. The van der Waals surface area contributed by atoms with Crippen molar-refractivity contribution in [2.45, 2.75) is 25.6 Å². The van der Waals surface area contributed by atoms with Gasteiger partial charge in [0, 0.05) is 5.56 Å². The Bertz CT molecular complexity index is 427. The predicted molar refractivity (Wildman–Crippen MR) is 63.5 cm³/mol. The molecule has 1 heterocycles. The van der Waals surface area contributed by atoms with E-state index in [2.05, 4.69) is 4.74 Å². The van der Waals surface area contributed by atoms with Crippen molar-refractivity contribution in [3.05, 3.63) is 21.9 Å². The van der Waals surface area contributed by atoms with Gasteiger partial charge in [-0.1, -0.05) is 0 Å². The number of carbonyl (C=O) groups is 2. The Morgan fingerprint density at radius 2 is 2.11 bits per heavy atom. The highest BCUT2D eigenvalue weighted by Crippen LogP contribution is 2.27. The van der Waals surface area contributed by atoms with E-state index in [0.717, 1.165) is 11.3 Å². The SMILES string of the molecule is CCOC(=O)CC(O)C(O)c1ccsc1C(=O)O. The first-order chi connectivity index (χ1) is 8.47. The molecule has 18 heavy (non-hydrogen) atoms. The number of carboxylic acid groups (broad SMARTS) is 1. The molecule has 0 fully saturated rings. The van der Waals surface area contributed by atoms with E-state index in [1.165, 1.54) is 11.4 Å². The van der Waals surface area contributed by atoms with Gasteiger partial charge in [0.1, 0.15) is 11.0 Å². The summed E-state index contributed by atoms with van der Waals surface area (Å²) in [5, 5.41) is 29.8. The zero-order chi connectivity index (χ0) is 13.7. The van der Waals surface area contributed by atoms with Crippen molar-refractivity contribution in [2.75, 3.05) is 6.61 Å². The second kappa shape index (κ2) is 6.48. The summed E-state index contributed by atoms with van der Waals surface area (Å²) >= 11 is 0.946. The zero-order valence-corrected chi connectivity index (χ0v) is 10.5. The van der Waals surface area contributed by atoms with E-state index in [1.807, 2.05) is 0 Å². The second-order valence-corrected chi connectivity index (χ2v) is 4.45. The molecule has 2 unspecified atom stereocenters. The lowest BCUT2D eigenvalue weighted by molar-refractivity contribution is -0.147. The number of hydrogen-bond acceptors (Lipinski definition) is 6. The van der Waals surface area contributed by atoms with Crippen molar-refractivity contribution in [2.24, 2.45) is 0 Å². The monoisotopic (exact) mass is 274 g/mol. The van der Waals surface area contributed by atoms with Crippen LogP contribution in [0.5, 0.6) is 0 Å². The quantitative estimate of drug-likeness (QED) is 0.663. The van der Waals surface area contributed by atoms with Crippen LogP contribution in [0.25, 0.3) is 0 Å². The Kier molecular flexibility index (Phi) is 5.26. The summed E-state index contributed by atoms with van der Waals surface area (Å²) < 4.78 is 4.63. The number of esters is 1. The van der Waals surface area contributed by atoms with Crippen LogP contribution in [-0.4, -0.2) is 40.0 Å². The molecule has 0 spiro atoms. The van der Waals surface area contributed by atoms with E-state index in [1.54, 1.807) is 6.92 Å². The molecule has 0 saturated heterocycles. The second-order valence-electron chi connectivity index (χ2n) is 3.53. The molecule has 0 aliphatic carbocycles. The fourth-order valence-electron chi connectivity index (χ4n) is 1.44. The number of carbonyl (C=O) groups excluding carboxylic acids is 1. The van der Waals surface area contributed by atoms with Crippen molar-refractivity contribution >= 4 is 23.3 Å². The molecule has 0 aliphatic rings. The predicted octanol–water partition coefficient (Wildman–Crippen LogP) is 0.794. The average Bonchev–Trinajstić information content (AvgIpc) is 2.76. The molecule has 1 aromatic heterocycles. The van der Waals surface area contributed by atoms with Crippen LogP contribution in [0.2, 0.25) is 0 Å². The van der Waals surface area contributed by atoms with Crippen LogP contribution >= 0.6 is 11.3 Å². The maximum absolute atomic E-state index is 11.1. The minimum Gasteiger partial charge on any atom is -0.477 e. The first kappa shape index (κ1) is 14.6. The molecule has 2 atom stereocenters. The van der Waals surface area contributed by atoms with Gasteiger partial charge in [0.05, 0.1) is 19.1 Å². The fourth-order valence-corrected chi connectivity index (χ4v) is 2.21. The molecule has 1 rings (SSSR count). The number of carboxylic acids is 1. The van der Waals surface area contributed by atoms with Crippen LogP contribution in [0.15, 0.2) is 11.4 Å². The van der Waals surface area contributed by atoms with Gasteiger partial charge in [-0.2, -0.15) is 0 Å². The van der Waals surface area contributed by atoms with E-state index >= 15 is 0 Å². The topological polar surface area (TPSA) is 104 Å². The summed E-state index contributed by atoms with van der Waals surface area (Å²) in [5.41, 5.74) is 0.101. The third-order valence-electron chi connectivity index (χ3n) is 2.25. The molecule has 100 valence electrons. The first-order valence-electron chi connectivity index (χ1n) is 5.29. The number of aromatic carboxylic acids is 1. The van der Waals surface area contributed by atoms with Crippen LogP contribution in [0, 0.1) is 0 Å². The first-order valence-corrected chi connectivity index (χ1v) is 6.17. The zero-order valence-electron chi connectivity index (χ0n) is 9.70. The number of thiophene rings is 1. The maximum atomic E-state index is 11.1. The molecule has 1 aromatic rings. The van der Waals surface area contributed by atoms with Crippen molar-refractivity contribution in [3.63, 3.8) is 0 Å². The molecule has 0 bridgehead atoms. The Morgan fingerprint density at radius 1 is 1.44 bits per heavy atom. The molecule has 3 N–H and O–H groups in total. The average molecular weight is 274 g/mol. The minimum atomic E-state index is -1.42. The number of ether oxygens (including phenoxy) is 1. The molecule has 0 amide bonds. The van der Waals surface area contributed by atoms with Gasteiger partial charge >= 0.3 is 11.9 Å². The van der Waals surface area contributed by atoms with Gasteiger partial charge in [-0.3, -0.25) is 4.79 Å². The number of aliphatic hydroxyl groups excluding tert-OH is 2. The van der Waals surface area contributed by atoms with E-state index in [-0.39, 0.29) is 23.5 Å². The maximum Gasteiger partial charge on any atom is 0.346 e. The minimum absolute atomic E-state index is 0.0505. The Balaban J connectivity index is 2.74. The third-order valence-corrected chi connectivity index (χ3v) is 3.17. The number of rotatable bonds is 6. The summed E-state index contributed by atoms with van der Waals surface area (Å²) in [7, 11) is 0. The fraction of sp³-hybridized carbons (Fsp3) is 0.455. The Labute approximate surface area is 107 Å². The summed E-state index contributed by atoms with van der Waals surface area (Å²) in [6.07, 6.45) is -3.20. The van der Waals surface area contributed by atoms with E-state index in [0.29, 0.717) is 0 Å². The van der Waals surface area contributed by atoms with Gasteiger partial charge < -0.3 is 20.1 Å². The lowest BCUT2D eigenvalue weighted by Crippen LogP contribution is -2.24. The molecular weight excluding hydrogens is 260 g/mol. The van der Waals surface area contributed by atoms with E-state index in [4.69, 9.17) is 5.11 Å². The molecule has 0 aromatic carbocycles. The molecule has 7 heteroatoms. The van der Waals surface area contributed by atoms with Gasteiger partial charge in [-0.15, -0.1) is 11.3 Å². The number of hydrogen-bond donors (Lipinski definition) is 3. The summed E-state index contributed by atoms with van der Waals surface area (Å²) in [6.45, 7) is 1.81. The van der Waals surface area contributed by atoms with Gasteiger partial charge in [-0.25, -0.2) is 4.79 Å². The van der Waals surface area contributed by atoms with Crippen LogP contribution in [0.3, 0.4) is 0 Å². The van der Waals surface area contributed by atoms with Crippen molar-refractivity contribution in [1.29, 1.82) is 0 Å². The Morgan fingerprint density at radius 3 is 2.67 bits per heavy atom. The Hall–Kier alpha value is -1.44. The molecular formula is C11H14O6S. The molecule has 0 aliphatic heterocycles. The molecule has 0 saturated carbocycles. The van der Waals surface area contributed by atoms with E-state index in [9.17, 15) is 19.8 Å². The molecule has 0 radical (unpaired) electrons. The standard InChI is InChI=1S/C11H14O6S/c1-2-17-8(13)5-7(12)9(14)6-3-4-18-10(6)11(15)16/h3-4,7,9,12,14H,2,5H2,1H3,(H,15,16). The highest BCUT2D eigenvalue weighted by Gasteiger charge is 2.26. The van der Waals surface area contributed by atoms with Crippen LogP contribution in [0.1, 0.15) is 34.7 Å². The van der Waals surface area contributed by atoms with Gasteiger partial charge in [-0.05, 0) is 18.4 Å². The van der Waals surface area contributed by atoms with Crippen LogP contribution in [0.4, 0.5) is 0 Å². The van der Waals surface area contributed by atoms with Gasteiger partial charge in [0.15, 0.2) is 0 Å². The lowest BCUT2D eigenvalue weighted by atomic mass is 10.0. The normalized spacial score (nSPS) is 13.9. The van der Waals surface area contributed by atoms with Crippen LogP contribution < -0.4 is 0 Å². The van der Waals surface area contributed by atoms with Crippen molar-refractivity contribution in [3.8, 4) is 0 Å². The third kappa shape index (κ3) is 3.52. The summed E-state index contributed by atoms with van der Waals surface area (Å²) in [4.78, 5) is 21.9. The number of aliphatic hydroxyl groups is 2. The van der Waals surface area contributed by atoms with E-state index < -0.39 is 24.1 Å². The summed E-state index contributed by atoms with van der Waals surface area (Å²) in [6, 6.07) is 1.41.